The second kappa shape index (κ2) is 7.48. The summed E-state index contributed by atoms with van der Waals surface area (Å²) < 4.78 is 5.44. The van der Waals surface area contributed by atoms with E-state index in [9.17, 15) is 10.2 Å². The second-order valence-corrected chi connectivity index (χ2v) is 12.3. The maximum atomic E-state index is 10.6. The van der Waals surface area contributed by atoms with Crippen LogP contribution in [0.15, 0.2) is 0 Å². The lowest BCUT2D eigenvalue weighted by atomic mass is 9.44. The summed E-state index contributed by atoms with van der Waals surface area (Å²) in [5.74, 6) is 4.39. The van der Waals surface area contributed by atoms with Crippen LogP contribution in [0.3, 0.4) is 0 Å². The molecule has 166 valence electrons. The molecule has 0 amide bonds. The quantitative estimate of drug-likeness (QED) is 0.666. The van der Waals surface area contributed by atoms with Crippen LogP contribution in [0.5, 0.6) is 0 Å². The van der Waals surface area contributed by atoms with Gasteiger partial charge in [0, 0.05) is 13.0 Å². The molecule has 3 nitrogen and oxygen atoms in total. The van der Waals surface area contributed by atoms with E-state index in [1.807, 2.05) is 0 Å². The zero-order chi connectivity index (χ0) is 20.3. The van der Waals surface area contributed by atoms with Gasteiger partial charge in [0.25, 0.3) is 0 Å². The van der Waals surface area contributed by atoms with Crippen molar-refractivity contribution in [1.82, 2.24) is 0 Å². The smallest absolute Gasteiger partial charge is 0.0902 e. The van der Waals surface area contributed by atoms with Crippen molar-refractivity contribution in [3.63, 3.8) is 0 Å². The van der Waals surface area contributed by atoms with Crippen molar-refractivity contribution >= 4 is 0 Å². The van der Waals surface area contributed by atoms with Crippen LogP contribution < -0.4 is 0 Å². The van der Waals surface area contributed by atoms with E-state index >= 15 is 0 Å². The molecule has 1 saturated heterocycles. The Morgan fingerprint density at radius 2 is 1.69 bits per heavy atom. The Labute approximate surface area is 178 Å². The SMILES string of the molecule is CC12CC[C@H](O)CC1CCC1C2CCC2(C)C1CC[C@@H]2CCC[C@@]1(O)CCOC1. The molecule has 5 aliphatic rings. The number of ether oxygens (including phenoxy) is 1. The van der Waals surface area contributed by atoms with Crippen molar-refractivity contribution in [2.75, 3.05) is 13.2 Å². The van der Waals surface area contributed by atoms with E-state index in [2.05, 4.69) is 13.8 Å². The molecule has 1 aliphatic heterocycles. The summed E-state index contributed by atoms with van der Waals surface area (Å²) in [5, 5.41) is 20.9. The molecule has 4 saturated carbocycles. The van der Waals surface area contributed by atoms with Crippen LogP contribution in [0.25, 0.3) is 0 Å². The average Bonchev–Trinajstić information content (AvgIpc) is 3.26. The van der Waals surface area contributed by atoms with Crippen molar-refractivity contribution in [1.29, 1.82) is 0 Å². The molecule has 0 spiro atoms. The van der Waals surface area contributed by atoms with Crippen molar-refractivity contribution in [2.24, 2.45) is 40.4 Å². The van der Waals surface area contributed by atoms with Gasteiger partial charge in [-0.25, -0.2) is 0 Å². The summed E-state index contributed by atoms with van der Waals surface area (Å²) in [6, 6.07) is 0. The van der Waals surface area contributed by atoms with E-state index in [4.69, 9.17) is 4.74 Å². The molecule has 1 heterocycles. The zero-order valence-corrected chi connectivity index (χ0v) is 18.9. The highest BCUT2D eigenvalue weighted by atomic mass is 16.5. The molecular formula is C26H44O3. The van der Waals surface area contributed by atoms with E-state index in [0.29, 0.717) is 17.4 Å². The molecule has 4 aliphatic carbocycles. The number of hydrogen-bond donors (Lipinski definition) is 2. The van der Waals surface area contributed by atoms with Crippen LogP contribution in [0.4, 0.5) is 0 Å². The lowest BCUT2D eigenvalue weighted by Gasteiger charge is -2.61. The van der Waals surface area contributed by atoms with Gasteiger partial charge in [0.2, 0.25) is 0 Å². The fourth-order valence-corrected chi connectivity index (χ4v) is 9.29. The summed E-state index contributed by atoms with van der Waals surface area (Å²) >= 11 is 0. The van der Waals surface area contributed by atoms with Crippen molar-refractivity contribution in [3.05, 3.63) is 0 Å². The average molecular weight is 405 g/mol. The zero-order valence-electron chi connectivity index (χ0n) is 18.9. The maximum absolute atomic E-state index is 10.6. The van der Waals surface area contributed by atoms with Crippen LogP contribution >= 0.6 is 0 Å². The van der Waals surface area contributed by atoms with Crippen LogP contribution in [0.2, 0.25) is 0 Å². The van der Waals surface area contributed by atoms with E-state index < -0.39 is 5.60 Å². The summed E-state index contributed by atoms with van der Waals surface area (Å²) in [7, 11) is 0. The number of aliphatic hydroxyl groups excluding tert-OH is 1. The van der Waals surface area contributed by atoms with Gasteiger partial charge < -0.3 is 14.9 Å². The second-order valence-electron chi connectivity index (χ2n) is 12.3. The van der Waals surface area contributed by atoms with Crippen molar-refractivity contribution in [3.8, 4) is 0 Å². The van der Waals surface area contributed by atoms with E-state index in [-0.39, 0.29) is 6.10 Å². The van der Waals surface area contributed by atoms with Gasteiger partial charge in [0.1, 0.15) is 0 Å². The van der Waals surface area contributed by atoms with Crippen LogP contribution in [-0.4, -0.2) is 35.1 Å². The Morgan fingerprint density at radius 3 is 2.48 bits per heavy atom. The molecule has 0 bridgehead atoms. The third-order valence-corrected chi connectivity index (χ3v) is 11.1. The first-order valence-corrected chi connectivity index (χ1v) is 12.8. The summed E-state index contributed by atoms with van der Waals surface area (Å²) in [5.41, 5.74) is 0.496. The number of rotatable bonds is 4. The van der Waals surface area contributed by atoms with Crippen LogP contribution in [0, 0.1) is 40.4 Å². The van der Waals surface area contributed by atoms with Gasteiger partial charge in [0.05, 0.1) is 18.3 Å². The summed E-state index contributed by atoms with van der Waals surface area (Å²) in [6.45, 7) is 6.52. The third-order valence-electron chi connectivity index (χ3n) is 11.1. The van der Waals surface area contributed by atoms with Crippen LogP contribution in [-0.2, 0) is 4.74 Å². The summed E-state index contributed by atoms with van der Waals surface area (Å²) in [4.78, 5) is 0. The molecule has 0 radical (unpaired) electrons. The normalized spacial score (nSPS) is 54.6. The minimum atomic E-state index is -0.533. The summed E-state index contributed by atoms with van der Waals surface area (Å²) in [6.07, 6.45) is 16.0. The molecule has 0 aromatic rings. The van der Waals surface area contributed by atoms with Gasteiger partial charge in [-0.05, 0) is 111 Å². The lowest BCUT2D eigenvalue weighted by Crippen LogP contribution is -2.53. The van der Waals surface area contributed by atoms with Crippen molar-refractivity contribution < 1.29 is 14.9 Å². The number of fused-ring (bicyclic) bond motifs is 5. The first kappa shape index (κ1) is 20.8. The highest BCUT2D eigenvalue weighted by Crippen LogP contribution is 2.67. The molecule has 6 unspecified atom stereocenters. The minimum Gasteiger partial charge on any atom is -0.393 e. The standard InChI is InChI=1S/C26H44O3/c1-24-13-10-23-21(7-5-19-16-20(27)9-12-25(19,23)2)22(24)8-6-18(24)4-3-11-26(28)14-15-29-17-26/h18-23,27-28H,3-17H2,1-2H3/t18-,19?,20-,21?,22?,23?,24?,25?,26+/m0/s1. The molecule has 29 heavy (non-hydrogen) atoms. The minimum absolute atomic E-state index is 0.0329. The first-order chi connectivity index (χ1) is 13.8. The number of aliphatic hydroxyl groups is 2. The monoisotopic (exact) mass is 404 g/mol. The topological polar surface area (TPSA) is 49.7 Å². The first-order valence-electron chi connectivity index (χ1n) is 12.8. The molecule has 9 atom stereocenters. The van der Waals surface area contributed by atoms with E-state index in [1.54, 1.807) is 0 Å². The Kier molecular flexibility index (Phi) is 5.36. The predicted molar refractivity (Wildman–Crippen MR) is 115 cm³/mol. The largest absolute Gasteiger partial charge is 0.393 e. The van der Waals surface area contributed by atoms with Crippen molar-refractivity contribution in [2.45, 2.75) is 109 Å². The molecule has 5 rings (SSSR count). The molecule has 0 aromatic heterocycles. The maximum Gasteiger partial charge on any atom is 0.0902 e. The fourth-order valence-electron chi connectivity index (χ4n) is 9.29. The molecule has 2 N–H and O–H groups in total. The predicted octanol–water partition coefficient (Wildman–Crippen LogP) is 5.33. The van der Waals surface area contributed by atoms with Gasteiger partial charge in [-0.2, -0.15) is 0 Å². The van der Waals surface area contributed by atoms with E-state index in [1.165, 1.54) is 57.8 Å². The Balaban J connectivity index is 1.25. The third kappa shape index (κ3) is 3.42. The highest BCUT2D eigenvalue weighted by Gasteiger charge is 2.59. The van der Waals surface area contributed by atoms with Gasteiger partial charge in [0.15, 0.2) is 0 Å². The van der Waals surface area contributed by atoms with Gasteiger partial charge >= 0.3 is 0 Å². The van der Waals surface area contributed by atoms with Gasteiger partial charge in [-0.3, -0.25) is 0 Å². The fraction of sp³-hybridized carbons (Fsp3) is 1.00. The van der Waals surface area contributed by atoms with E-state index in [0.717, 1.165) is 61.9 Å². The van der Waals surface area contributed by atoms with Crippen LogP contribution in [0.1, 0.15) is 97.3 Å². The Morgan fingerprint density at radius 1 is 0.897 bits per heavy atom. The Bertz CT molecular complexity index is 599. The van der Waals surface area contributed by atoms with Gasteiger partial charge in [-0.1, -0.05) is 20.3 Å². The molecule has 0 aromatic carbocycles. The lowest BCUT2D eigenvalue weighted by molar-refractivity contribution is -0.127. The molecule has 5 fully saturated rings. The number of hydrogen-bond acceptors (Lipinski definition) is 3. The van der Waals surface area contributed by atoms with Gasteiger partial charge in [-0.15, -0.1) is 0 Å². The molecule has 3 heteroatoms. The molecular weight excluding hydrogens is 360 g/mol. The Hall–Kier alpha value is -0.120. The highest BCUT2D eigenvalue weighted by molar-refractivity contribution is 5.09.